The molecule has 1 N–H and O–H groups in total. The Kier molecular flexibility index (Phi) is 4.12. The van der Waals surface area contributed by atoms with Crippen LogP contribution in [0.25, 0.3) is 33.0 Å². The third-order valence-electron chi connectivity index (χ3n) is 4.38. The summed E-state index contributed by atoms with van der Waals surface area (Å²) in [5.41, 5.74) is 3.94. The molecular weight excluding hydrogens is 324 g/mol. The quantitative estimate of drug-likeness (QED) is 0.355. The van der Waals surface area contributed by atoms with Crippen molar-refractivity contribution in [3.8, 4) is 28.0 Å². The Bertz CT molecular complexity index is 1080. The lowest BCUT2D eigenvalue weighted by Gasteiger charge is -2.10. The zero-order valence-electron chi connectivity index (χ0n) is 13.9. The summed E-state index contributed by atoms with van der Waals surface area (Å²) in [6, 6.07) is 29.8. The molecule has 0 fully saturated rings. The third kappa shape index (κ3) is 3.03. The Hall–Kier alpha value is -3.59. The molecule has 0 heterocycles. The number of fused-ring (bicyclic) bond motifs is 1. The molecule has 4 aromatic rings. The molecule has 0 aliphatic heterocycles. The van der Waals surface area contributed by atoms with Crippen LogP contribution >= 0.6 is 0 Å². The molecule has 0 spiro atoms. The smallest absolute Gasteiger partial charge is 0.449 e. The molecule has 3 heteroatoms. The largest absolute Gasteiger partial charge is 0.511 e. The maximum absolute atomic E-state index is 10.9. The van der Waals surface area contributed by atoms with Gasteiger partial charge in [0.2, 0.25) is 0 Å². The van der Waals surface area contributed by atoms with E-state index in [4.69, 9.17) is 9.84 Å². The first kappa shape index (κ1) is 15.9. The van der Waals surface area contributed by atoms with E-state index >= 15 is 0 Å². The second-order valence-corrected chi connectivity index (χ2v) is 5.97. The topological polar surface area (TPSA) is 46.5 Å². The molecule has 0 aliphatic rings. The molecule has 0 saturated carbocycles. The van der Waals surface area contributed by atoms with E-state index in [0.29, 0.717) is 5.75 Å². The van der Waals surface area contributed by atoms with Gasteiger partial charge >= 0.3 is 6.16 Å². The summed E-state index contributed by atoms with van der Waals surface area (Å²) in [5, 5.41) is 11.3. The Morgan fingerprint density at radius 2 is 1.23 bits per heavy atom. The lowest BCUT2D eigenvalue weighted by molar-refractivity contribution is 0.144. The number of carboxylic acid groups (broad SMARTS) is 1. The normalized spacial score (nSPS) is 10.6. The Morgan fingerprint density at radius 3 is 2.00 bits per heavy atom. The van der Waals surface area contributed by atoms with E-state index in [-0.39, 0.29) is 0 Å². The predicted molar refractivity (Wildman–Crippen MR) is 103 cm³/mol. The molecule has 0 aliphatic carbocycles. The monoisotopic (exact) mass is 340 g/mol. The van der Waals surface area contributed by atoms with Crippen LogP contribution in [0, 0.1) is 0 Å². The van der Waals surface area contributed by atoms with Crippen LogP contribution in [0.1, 0.15) is 0 Å². The van der Waals surface area contributed by atoms with Crippen molar-refractivity contribution in [2.75, 3.05) is 0 Å². The van der Waals surface area contributed by atoms with Gasteiger partial charge in [0.05, 0.1) is 0 Å². The molecule has 126 valence electrons. The number of rotatable bonds is 3. The zero-order chi connectivity index (χ0) is 17.9. The van der Waals surface area contributed by atoms with E-state index in [1.807, 2.05) is 36.4 Å². The fourth-order valence-corrected chi connectivity index (χ4v) is 3.19. The van der Waals surface area contributed by atoms with Crippen molar-refractivity contribution in [2.24, 2.45) is 0 Å². The van der Waals surface area contributed by atoms with Crippen LogP contribution < -0.4 is 4.74 Å². The summed E-state index contributed by atoms with van der Waals surface area (Å²) in [5.74, 6) is 0.331. The van der Waals surface area contributed by atoms with E-state index in [1.165, 1.54) is 16.3 Å². The van der Waals surface area contributed by atoms with Gasteiger partial charge in [-0.15, -0.1) is 0 Å². The molecule has 0 amide bonds. The maximum Gasteiger partial charge on any atom is 0.511 e. The van der Waals surface area contributed by atoms with Gasteiger partial charge in [0, 0.05) is 5.56 Å². The lowest BCUT2D eigenvalue weighted by atomic mass is 9.96. The molecular formula is C23H16O3. The molecule has 4 aromatic carbocycles. The van der Waals surface area contributed by atoms with Crippen LogP contribution in [0.4, 0.5) is 4.79 Å². The Morgan fingerprint density at radius 1 is 0.654 bits per heavy atom. The van der Waals surface area contributed by atoms with Crippen molar-refractivity contribution in [3.05, 3.63) is 91.0 Å². The first-order chi connectivity index (χ1) is 12.7. The van der Waals surface area contributed by atoms with Gasteiger partial charge in [-0.25, -0.2) is 4.79 Å². The zero-order valence-corrected chi connectivity index (χ0v) is 13.9. The minimum absolute atomic E-state index is 0.331. The van der Waals surface area contributed by atoms with Gasteiger partial charge < -0.3 is 9.84 Å². The number of carbonyl (C=O) groups is 1. The van der Waals surface area contributed by atoms with E-state index in [9.17, 15) is 4.79 Å². The fourth-order valence-electron chi connectivity index (χ4n) is 3.19. The predicted octanol–water partition coefficient (Wildman–Crippen LogP) is 6.23. The van der Waals surface area contributed by atoms with Gasteiger partial charge in [-0.2, -0.15) is 0 Å². The highest BCUT2D eigenvalue weighted by Crippen LogP contribution is 2.33. The summed E-state index contributed by atoms with van der Waals surface area (Å²) in [4.78, 5) is 10.9. The van der Waals surface area contributed by atoms with Crippen molar-refractivity contribution in [1.29, 1.82) is 0 Å². The third-order valence-corrected chi connectivity index (χ3v) is 4.38. The Balaban J connectivity index is 1.75. The van der Waals surface area contributed by atoms with Crippen LogP contribution in [-0.2, 0) is 0 Å². The van der Waals surface area contributed by atoms with Gasteiger partial charge in [-0.3, -0.25) is 0 Å². The number of para-hydroxylation sites is 1. The minimum atomic E-state index is -1.31. The molecule has 3 nitrogen and oxygen atoms in total. The van der Waals surface area contributed by atoms with Gasteiger partial charge in [0.1, 0.15) is 5.75 Å². The number of ether oxygens (including phenoxy) is 1. The van der Waals surface area contributed by atoms with Crippen molar-refractivity contribution in [3.63, 3.8) is 0 Å². The molecule has 26 heavy (non-hydrogen) atoms. The second kappa shape index (κ2) is 6.73. The molecule has 0 aromatic heterocycles. The molecule has 0 radical (unpaired) electrons. The van der Waals surface area contributed by atoms with E-state index in [2.05, 4.69) is 42.5 Å². The fraction of sp³-hybridized carbons (Fsp3) is 0. The number of hydrogen-bond donors (Lipinski definition) is 1. The summed E-state index contributed by atoms with van der Waals surface area (Å²) in [7, 11) is 0. The molecule has 0 unspecified atom stereocenters. The van der Waals surface area contributed by atoms with Crippen molar-refractivity contribution in [1.82, 2.24) is 0 Å². The van der Waals surface area contributed by atoms with Crippen LogP contribution in [-0.4, -0.2) is 11.3 Å². The maximum atomic E-state index is 10.9. The first-order valence-electron chi connectivity index (χ1n) is 8.31. The van der Waals surface area contributed by atoms with Crippen LogP contribution in [0.15, 0.2) is 91.0 Å². The van der Waals surface area contributed by atoms with Crippen molar-refractivity contribution < 1.29 is 14.6 Å². The summed E-state index contributed by atoms with van der Waals surface area (Å²) < 4.78 is 4.89. The Labute approximate surface area is 151 Å². The van der Waals surface area contributed by atoms with E-state index in [1.54, 1.807) is 12.1 Å². The van der Waals surface area contributed by atoms with Gasteiger partial charge in [-0.05, 0) is 33.5 Å². The van der Waals surface area contributed by atoms with E-state index in [0.717, 1.165) is 16.7 Å². The highest BCUT2D eigenvalue weighted by Gasteiger charge is 2.10. The SMILES string of the molecule is O=C(O)Oc1ccccc1-c1ccc(-c2cccc3ccccc23)cc1. The van der Waals surface area contributed by atoms with Crippen molar-refractivity contribution in [2.45, 2.75) is 0 Å². The van der Waals surface area contributed by atoms with Gasteiger partial charge in [0.15, 0.2) is 0 Å². The highest BCUT2D eigenvalue weighted by atomic mass is 16.7. The second-order valence-electron chi connectivity index (χ2n) is 5.97. The molecule has 0 bridgehead atoms. The summed E-state index contributed by atoms with van der Waals surface area (Å²) >= 11 is 0. The first-order valence-corrected chi connectivity index (χ1v) is 8.31. The summed E-state index contributed by atoms with van der Waals surface area (Å²) in [6.07, 6.45) is -1.31. The molecule has 0 atom stereocenters. The van der Waals surface area contributed by atoms with E-state index < -0.39 is 6.16 Å². The lowest BCUT2D eigenvalue weighted by Crippen LogP contribution is -2.03. The van der Waals surface area contributed by atoms with Crippen LogP contribution in [0.5, 0.6) is 5.75 Å². The number of benzene rings is 4. The number of hydrogen-bond acceptors (Lipinski definition) is 2. The standard InChI is InChI=1S/C23H16O3/c24-23(25)26-22-11-4-3-9-21(22)18-14-12-17(13-15-18)20-10-5-7-16-6-1-2-8-19(16)20/h1-15H,(H,24,25). The highest BCUT2D eigenvalue weighted by molar-refractivity contribution is 5.96. The average Bonchev–Trinajstić information content (AvgIpc) is 2.68. The van der Waals surface area contributed by atoms with Gasteiger partial charge in [-0.1, -0.05) is 84.9 Å². The minimum Gasteiger partial charge on any atom is -0.449 e. The van der Waals surface area contributed by atoms with Crippen LogP contribution in [0.2, 0.25) is 0 Å². The summed E-state index contributed by atoms with van der Waals surface area (Å²) in [6.45, 7) is 0. The van der Waals surface area contributed by atoms with Gasteiger partial charge in [0.25, 0.3) is 0 Å². The molecule has 0 saturated heterocycles. The average molecular weight is 340 g/mol. The van der Waals surface area contributed by atoms with Crippen LogP contribution in [0.3, 0.4) is 0 Å². The van der Waals surface area contributed by atoms with Crippen molar-refractivity contribution >= 4 is 16.9 Å². The molecule has 4 rings (SSSR count).